The number of hydrogen-bond acceptors (Lipinski definition) is 4. The van der Waals surface area contributed by atoms with E-state index in [4.69, 9.17) is 4.74 Å². The number of carbonyl (C=O) groups excluding carboxylic acids is 2. The fourth-order valence-corrected chi connectivity index (χ4v) is 3.71. The topological polar surface area (TPSA) is 55.8 Å². The maximum absolute atomic E-state index is 13.3. The summed E-state index contributed by atoms with van der Waals surface area (Å²) in [7, 11) is 0. The van der Waals surface area contributed by atoms with Gasteiger partial charge in [0.2, 0.25) is 0 Å². The van der Waals surface area contributed by atoms with Crippen molar-refractivity contribution in [2.75, 3.05) is 6.54 Å². The highest BCUT2D eigenvalue weighted by atomic mass is 19.3. The molecule has 2 aromatic rings. The summed E-state index contributed by atoms with van der Waals surface area (Å²) in [4.78, 5) is 26.2. The Morgan fingerprint density at radius 3 is 2.33 bits per heavy atom. The van der Waals surface area contributed by atoms with Gasteiger partial charge >= 0.3 is 12.7 Å². The number of hydrogen-bond donors (Lipinski definition) is 0. The summed E-state index contributed by atoms with van der Waals surface area (Å²) in [5, 5.41) is 0. The summed E-state index contributed by atoms with van der Waals surface area (Å²) in [6.45, 7) is 0.600. The molecule has 8 heteroatoms. The first-order valence-electron chi connectivity index (χ1n) is 9.50. The SMILES string of the molecule is CC(=O)CC1(c2ccc(F)cc2)CCN([C@@H](C)c2ccc(OC(F)F)cc2)C(=O)O1. The summed E-state index contributed by atoms with van der Waals surface area (Å²) >= 11 is 0. The molecular weight excluding hydrogens is 399 g/mol. The number of rotatable bonds is 7. The number of cyclic esters (lactones) is 1. The molecule has 0 aliphatic carbocycles. The van der Waals surface area contributed by atoms with Gasteiger partial charge in [0.15, 0.2) is 0 Å². The number of Topliss-reactive ketones (excluding diaryl/α,β-unsaturated/α-hetero) is 1. The van der Waals surface area contributed by atoms with E-state index in [1.165, 1.54) is 48.2 Å². The second-order valence-electron chi connectivity index (χ2n) is 7.31. The quantitative estimate of drug-likeness (QED) is 0.616. The number of ether oxygens (including phenoxy) is 2. The fraction of sp³-hybridized carbons (Fsp3) is 0.364. The van der Waals surface area contributed by atoms with E-state index >= 15 is 0 Å². The van der Waals surface area contributed by atoms with Gasteiger partial charge in [0.05, 0.1) is 12.5 Å². The van der Waals surface area contributed by atoms with Crippen molar-refractivity contribution in [3.63, 3.8) is 0 Å². The molecule has 0 N–H and O–H groups in total. The van der Waals surface area contributed by atoms with Gasteiger partial charge in [0.1, 0.15) is 23.0 Å². The first kappa shape index (κ1) is 21.7. The predicted octanol–water partition coefficient (Wildman–Crippen LogP) is 5.21. The number of carbonyl (C=O) groups is 2. The Labute approximate surface area is 172 Å². The molecule has 0 bridgehead atoms. The van der Waals surface area contributed by atoms with Crippen LogP contribution in [0.1, 0.15) is 43.9 Å². The Morgan fingerprint density at radius 2 is 1.80 bits per heavy atom. The number of ketones is 1. The highest BCUT2D eigenvalue weighted by molar-refractivity contribution is 5.78. The van der Waals surface area contributed by atoms with Crippen LogP contribution in [0.15, 0.2) is 48.5 Å². The van der Waals surface area contributed by atoms with E-state index < -0.39 is 24.1 Å². The van der Waals surface area contributed by atoms with Crippen LogP contribution < -0.4 is 4.74 Å². The minimum Gasteiger partial charge on any atom is -0.437 e. The monoisotopic (exact) mass is 421 g/mol. The zero-order valence-corrected chi connectivity index (χ0v) is 16.6. The molecule has 30 heavy (non-hydrogen) atoms. The summed E-state index contributed by atoms with van der Waals surface area (Å²) in [5.41, 5.74) is 0.129. The maximum atomic E-state index is 13.3. The molecule has 0 aromatic heterocycles. The lowest BCUT2D eigenvalue weighted by atomic mass is 9.84. The molecule has 1 amide bonds. The van der Waals surface area contributed by atoms with Crippen molar-refractivity contribution >= 4 is 11.9 Å². The highest BCUT2D eigenvalue weighted by Crippen LogP contribution is 2.40. The lowest BCUT2D eigenvalue weighted by Crippen LogP contribution is -2.49. The van der Waals surface area contributed by atoms with Crippen LogP contribution in [0.4, 0.5) is 18.0 Å². The first-order chi connectivity index (χ1) is 14.2. The molecule has 1 aliphatic heterocycles. The molecule has 160 valence electrons. The Morgan fingerprint density at radius 1 is 1.17 bits per heavy atom. The summed E-state index contributed by atoms with van der Waals surface area (Å²) in [6, 6.07) is 11.2. The van der Waals surface area contributed by atoms with Crippen molar-refractivity contribution in [3.8, 4) is 5.75 Å². The molecule has 2 aromatic carbocycles. The number of amides is 1. The Balaban J connectivity index is 1.78. The van der Waals surface area contributed by atoms with E-state index in [1.54, 1.807) is 19.1 Å². The Hall–Kier alpha value is -3.03. The van der Waals surface area contributed by atoms with Crippen LogP contribution in [-0.4, -0.2) is 29.9 Å². The Bertz CT molecular complexity index is 902. The van der Waals surface area contributed by atoms with Crippen LogP contribution >= 0.6 is 0 Å². The average Bonchev–Trinajstić information content (AvgIpc) is 2.67. The Kier molecular flexibility index (Phi) is 6.34. The summed E-state index contributed by atoms with van der Waals surface area (Å²) in [5.74, 6) is -0.546. The molecule has 3 rings (SSSR count). The molecular formula is C22H22F3NO4. The van der Waals surface area contributed by atoms with E-state index in [9.17, 15) is 22.8 Å². The molecule has 1 aliphatic rings. The minimum atomic E-state index is -2.91. The average molecular weight is 421 g/mol. The van der Waals surface area contributed by atoms with Crippen molar-refractivity contribution in [1.82, 2.24) is 4.90 Å². The first-order valence-corrected chi connectivity index (χ1v) is 9.50. The van der Waals surface area contributed by atoms with Crippen molar-refractivity contribution in [2.45, 2.75) is 44.9 Å². The predicted molar refractivity (Wildman–Crippen MR) is 103 cm³/mol. The zero-order valence-electron chi connectivity index (χ0n) is 16.6. The third kappa shape index (κ3) is 4.75. The molecule has 1 saturated heterocycles. The summed E-state index contributed by atoms with van der Waals surface area (Å²) in [6.07, 6.45) is -0.264. The van der Waals surface area contributed by atoms with E-state index in [-0.39, 0.29) is 24.0 Å². The second kappa shape index (κ2) is 8.77. The van der Waals surface area contributed by atoms with E-state index in [1.807, 2.05) is 0 Å². The molecule has 1 fully saturated rings. The van der Waals surface area contributed by atoms with Gasteiger partial charge in [0.25, 0.3) is 0 Å². The van der Waals surface area contributed by atoms with Crippen LogP contribution in [0.5, 0.6) is 5.75 Å². The van der Waals surface area contributed by atoms with Gasteiger partial charge in [-0.05, 0) is 49.2 Å². The van der Waals surface area contributed by atoms with Crippen molar-refractivity contribution < 1.29 is 32.2 Å². The van der Waals surface area contributed by atoms with Gasteiger partial charge in [0, 0.05) is 13.0 Å². The van der Waals surface area contributed by atoms with Gasteiger partial charge in [-0.25, -0.2) is 9.18 Å². The molecule has 5 nitrogen and oxygen atoms in total. The molecule has 0 spiro atoms. The largest absolute Gasteiger partial charge is 0.437 e. The maximum Gasteiger partial charge on any atom is 0.411 e. The fourth-order valence-electron chi connectivity index (χ4n) is 3.71. The normalized spacial score (nSPS) is 20.1. The molecule has 0 saturated carbocycles. The van der Waals surface area contributed by atoms with Gasteiger partial charge in [-0.3, -0.25) is 4.79 Å². The van der Waals surface area contributed by atoms with E-state index in [0.717, 1.165) is 5.56 Å². The van der Waals surface area contributed by atoms with Gasteiger partial charge in [-0.1, -0.05) is 24.3 Å². The van der Waals surface area contributed by atoms with Crippen LogP contribution in [0, 0.1) is 5.82 Å². The van der Waals surface area contributed by atoms with Crippen molar-refractivity contribution in [3.05, 3.63) is 65.5 Å². The number of benzene rings is 2. The van der Waals surface area contributed by atoms with Crippen LogP contribution in [0.3, 0.4) is 0 Å². The van der Waals surface area contributed by atoms with Crippen molar-refractivity contribution in [2.24, 2.45) is 0 Å². The molecule has 1 heterocycles. The minimum absolute atomic E-state index is 0.00768. The molecule has 1 unspecified atom stereocenters. The lowest BCUT2D eigenvalue weighted by Gasteiger charge is -2.43. The zero-order chi connectivity index (χ0) is 21.9. The van der Waals surface area contributed by atoms with Crippen molar-refractivity contribution in [1.29, 1.82) is 0 Å². The van der Waals surface area contributed by atoms with Crippen LogP contribution in [-0.2, 0) is 15.1 Å². The number of nitrogens with zero attached hydrogens (tertiary/aromatic N) is 1. The van der Waals surface area contributed by atoms with E-state index in [0.29, 0.717) is 18.5 Å². The standard InChI is InChI=1S/C22H22F3NO4/c1-14(27)13-22(17-5-7-18(23)8-6-17)11-12-26(21(28)30-22)15(2)16-3-9-19(10-4-16)29-20(24)25/h3-10,15,20H,11-13H2,1-2H3/t15-,22?/m0/s1. The van der Waals surface area contributed by atoms with Gasteiger partial charge in [-0.2, -0.15) is 8.78 Å². The van der Waals surface area contributed by atoms with Crippen LogP contribution in [0.2, 0.25) is 0 Å². The van der Waals surface area contributed by atoms with Crippen LogP contribution in [0.25, 0.3) is 0 Å². The number of alkyl halides is 2. The molecule has 2 atom stereocenters. The number of halogens is 3. The third-order valence-corrected chi connectivity index (χ3v) is 5.23. The molecule has 0 radical (unpaired) electrons. The van der Waals surface area contributed by atoms with Gasteiger partial charge < -0.3 is 14.4 Å². The smallest absolute Gasteiger partial charge is 0.411 e. The van der Waals surface area contributed by atoms with E-state index in [2.05, 4.69) is 4.74 Å². The lowest BCUT2D eigenvalue weighted by molar-refractivity contribution is -0.126. The van der Waals surface area contributed by atoms with Gasteiger partial charge in [-0.15, -0.1) is 0 Å². The third-order valence-electron chi connectivity index (χ3n) is 5.23. The highest BCUT2D eigenvalue weighted by Gasteiger charge is 2.44. The second-order valence-corrected chi connectivity index (χ2v) is 7.31. The summed E-state index contributed by atoms with van der Waals surface area (Å²) < 4.78 is 48.1.